The van der Waals surface area contributed by atoms with Crippen LogP contribution in [0, 0.1) is 6.92 Å². The van der Waals surface area contributed by atoms with Gasteiger partial charge in [-0.2, -0.15) is 0 Å². The van der Waals surface area contributed by atoms with Gasteiger partial charge in [-0.25, -0.2) is 9.97 Å². The largest absolute Gasteiger partial charge is 0.341 e. The van der Waals surface area contributed by atoms with Crippen LogP contribution in [0.1, 0.15) is 32.2 Å². The molecule has 0 fully saturated rings. The normalized spacial score (nSPS) is 13.2. The minimum Gasteiger partial charge on any atom is -0.341 e. The van der Waals surface area contributed by atoms with Gasteiger partial charge >= 0.3 is 0 Å². The average molecular weight is 275 g/mol. The monoisotopic (exact) mass is 275 g/mol. The van der Waals surface area contributed by atoms with Crippen LogP contribution in [0.5, 0.6) is 0 Å². The van der Waals surface area contributed by atoms with E-state index < -0.39 is 0 Å². The summed E-state index contributed by atoms with van der Waals surface area (Å²) in [5.41, 5.74) is 3.08. The van der Waals surface area contributed by atoms with E-state index in [1.54, 1.807) is 0 Å². The Labute approximate surface area is 120 Å². The van der Waals surface area contributed by atoms with E-state index in [4.69, 9.17) is 0 Å². The number of H-pyrrole nitrogens is 1. The number of fused-ring (bicyclic) bond motifs is 1. The van der Waals surface area contributed by atoms with Gasteiger partial charge in [-0.05, 0) is 38.6 Å². The second-order valence-electron chi connectivity index (χ2n) is 5.26. The number of likely N-dealkylation sites (N-methyl/N-ethyl adjacent to an activating group) is 1. The van der Waals surface area contributed by atoms with Crippen molar-refractivity contribution in [1.82, 2.24) is 25.2 Å². The van der Waals surface area contributed by atoms with Crippen LogP contribution in [0.15, 0.2) is 12.3 Å². The van der Waals surface area contributed by atoms with Gasteiger partial charge in [0.25, 0.3) is 0 Å². The number of hydrogen-bond acceptors (Lipinski definition) is 4. The Balaban J connectivity index is 1.98. The number of hydrogen-bond donors (Lipinski definition) is 2. The maximum atomic E-state index is 4.37. The van der Waals surface area contributed by atoms with Crippen molar-refractivity contribution < 1.29 is 0 Å². The Morgan fingerprint density at radius 2 is 2.10 bits per heavy atom. The van der Waals surface area contributed by atoms with E-state index in [-0.39, 0.29) is 0 Å². The van der Waals surface area contributed by atoms with E-state index in [0.29, 0.717) is 6.04 Å². The molecule has 0 bridgehead atoms. The van der Waals surface area contributed by atoms with Crippen molar-refractivity contribution in [3.63, 3.8) is 0 Å². The molecule has 0 aliphatic heterocycles. The summed E-state index contributed by atoms with van der Waals surface area (Å²) in [5.74, 6) is 0.913. The number of nitrogens with zero attached hydrogens (tertiary/aromatic N) is 3. The van der Waals surface area contributed by atoms with E-state index in [2.05, 4.69) is 52.0 Å². The highest BCUT2D eigenvalue weighted by Gasteiger charge is 2.09. The molecule has 2 aromatic heterocycles. The van der Waals surface area contributed by atoms with Crippen molar-refractivity contribution in [3.8, 4) is 0 Å². The zero-order valence-electron chi connectivity index (χ0n) is 12.9. The van der Waals surface area contributed by atoms with Gasteiger partial charge in [0.2, 0.25) is 0 Å². The number of aryl methyl sites for hydroxylation is 1. The summed E-state index contributed by atoms with van der Waals surface area (Å²) in [7, 11) is 0. The third kappa shape index (κ3) is 3.55. The first-order chi connectivity index (χ1) is 9.63. The van der Waals surface area contributed by atoms with Crippen LogP contribution in [-0.4, -0.2) is 45.5 Å². The number of imidazole rings is 1. The fraction of sp³-hybridized carbons (Fsp3) is 0.600. The van der Waals surface area contributed by atoms with Gasteiger partial charge in [-0.3, -0.25) is 0 Å². The average Bonchev–Trinajstić information content (AvgIpc) is 2.83. The highest BCUT2D eigenvalue weighted by Crippen LogP contribution is 2.13. The number of aromatic amines is 1. The summed E-state index contributed by atoms with van der Waals surface area (Å²) < 4.78 is 0. The molecule has 0 aromatic carbocycles. The van der Waals surface area contributed by atoms with Crippen LogP contribution in [0.2, 0.25) is 0 Å². The summed E-state index contributed by atoms with van der Waals surface area (Å²) >= 11 is 0. The van der Waals surface area contributed by atoms with E-state index in [0.717, 1.165) is 43.2 Å². The first kappa shape index (κ1) is 14.9. The van der Waals surface area contributed by atoms with Crippen molar-refractivity contribution in [3.05, 3.63) is 23.7 Å². The molecule has 1 atom stereocenters. The van der Waals surface area contributed by atoms with Crippen molar-refractivity contribution >= 4 is 11.2 Å². The summed E-state index contributed by atoms with van der Waals surface area (Å²) in [6.45, 7) is 12.7. The molecule has 2 aromatic rings. The molecular formula is C15H25N5. The van der Waals surface area contributed by atoms with Crippen LogP contribution >= 0.6 is 0 Å². The van der Waals surface area contributed by atoms with Crippen LogP contribution < -0.4 is 5.32 Å². The first-order valence-electron chi connectivity index (χ1n) is 7.40. The smallest absolute Gasteiger partial charge is 0.177 e. The molecule has 0 aliphatic rings. The van der Waals surface area contributed by atoms with Crippen LogP contribution in [0.4, 0.5) is 0 Å². The van der Waals surface area contributed by atoms with Crippen molar-refractivity contribution in [1.29, 1.82) is 0 Å². The Kier molecular flexibility index (Phi) is 5.09. The molecule has 0 spiro atoms. The highest BCUT2D eigenvalue weighted by atomic mass is 15.1. The summed E-state index contributed by atoms with van der Waals surface area (Å²) in [4.78, 5) is 14.4. The molecule has 110 valence electrons. The second kappa shape index (κ2) is 6.81. The number of aromatic nitrogens is 3. The molecule has 5 nitrogen and oxygen atoms in total. The predicted octanol–water partition coefficient (Wildman–Crippen LogP) is 2.09. The van der Waals surface area contributed by atoms with Gasteiger partial charge in [0.15, 0.2) is 5.65 Å². The molecule has 0 saturated carbocycles. The number of pyridine rings is 1. The minimum absolute atomic E-state index is 0.460. The van der Waals surface area contributed by atoms with Crippen LogP contribution in [0.25, 0.3) is 11.2 Å². The van der Waals surface area contributed by atoms with E-state index in [1.165, 1.54) is 5.56 Å². The van der Waals surface area contributed by atoms with E-state index in [9.17, 15) is 0 Å². The summed E-state index contributed by atoms with van der Waals surface area (Å²) in [5, 5.41) is 3.58. The third-order valence-electron chi connectivity index (χ3n) is 3.66. The zero-order chi connectivity index (χ0) is 14.5. The van der Waals surface area contributed by atoms with Gasteiger partial charge in [0.05, 0.1) is 5.52 Å². The van der Waals surface area contributed by atoms with Crippen molar-refractivity contribution in [2.75, 3.05) is 19.6 Å². The van der Waals surface area contributed by atoms with E-state index >= 15 is 0 Å². The van der Waals surface area contributed by atoms with Crippen LogP contribution in [0.3, 0.4) is 0 Å². The predicted molar refractivity (Wildman–Crippen MR) is 82.7 cm³/mol. The Hall–Kier alpha value is -1.46. The molecule has 2 heterocycles. The Morgan fingerprint density at radius 1 is 1.35 bits per heavy atom. The fourth-order valence-corrected chi connectivity index (χ4v) is 2.44. The Bertz CT molecular complexity index is 544. The summed E-state index contributed by atoms with van der Waals surface area (Å²) in [6.07, 6.45) is 1.83. The van der Waals surface area contributed by atoms with Gasteiger partial charge < -0.3 is 15.2 Å². The highest BCUT2D eigenvalue weighted by molar-refractivity contribution is 5.74. The topological polar surface area (TPSA) is 56.8 Å². The Morgan fingerprint density at radius 3 is 2.80 bits per heavy atom. The third-order valence-corrected chi connectivity index (χ3v) is 3.66. The van der Waals surface area contributed by atoms with Crippen LogP contribution in [-0.2, 0) is 6.54 Å². The lowest BCUT2D eigenvalue weighted by molar-refractivity contribution is 0.271. The number of rotatable bonds is 7. The molecule has 0 amide bonds. The van der Waals surface area contributed by atoms with Crippen molar-refractivity contribution in [2.24, 2.45) is 0 Å². The minimum atomic E-state index is 0.460. The van der Waals surface area contributed by atoms with Gasteiger partial charge in [-0.15, -0.1) is 0 Å². The molecule has 0 saturated heterocycles. The molecule has 20 heavy (non-hydrogen) atoms. The van der Waals surface area contributed by atoms with Gasteiger partial charge in [-0.1, -0.05) is 13.8 Å². The number of nitrogens with one attached hydrogen (secondary N) is 2. The lowest BCUT2D eigenvalue weighted by Crippen LogP contribution is -2.38. The molecular weight excluding hydrogens is 250 g/mol. The standard InChI is InChI=1S/C15H25N5/c1-5-20(6-2)10-11(3)17-9-13-7-8-16-15-14(13)18-12(4)19-15/h7-8,11,17H,5-6,9-10H2,1-4H3,(H,16,18,19). The maximum absolute atomic E-state index is 4.37. The molecule has 0 radical (unpaired) electrons. The first-order valence-corrected chi connectivity index (χ1v) is 7.40. The van der Waals surface area contributed by atoms with Gasteiger partial charge in [0, 0.05) is 25.3 Å². The molecule has 2 N–H and O–H groups in total. The fourth-order valence-electron chi connectivity index (χ4n) is 2.44. The second-order valence-corrected chi connectivity index (χ2v) is 5.26. The lowest BCUT2D eigenvalue weighted by Gasteiger charge is -2.23. The molecule has 2 rings (SSSR count). The van der Waals surface area contributed by atoms with E-state index in [1.807, 2.05) is 13.1 Å². The zero-order valence-corrected chi connectivity index (χ0v) is 12.9. The van der Waals surface area contributed by atoms with Gasteiger partial charge in [0.1, 0.15) is 5.82 Å². The molecule has 1 unspecified atom stereocenters. The maximum Gasteiger partial charge on any atom is 0.177 e. The SMILES string of the molecule is CCN(CC)CC(C)NCc1ccnc2nc(C)[nH]c12. The molecule has 5 heteroatoms. The summed E-state index contributed by atoms with van der Waals surface area (Å²) in [6, 6.07) is 2.51. The molecule has 0 aliphatic carbocycles. The lowest BCUT2D eigenvalue weighted by atomic mass is 10.2. The quantitative estimate of drug-likeness (QED) is 0.812. The van der Waals surface area contributed by atoms with Crippen molar-refractivity contribution in [2.45, 2.75) is 40.3 Å².